The van der Waals surface area contributed by atoms with Gasteiger partial charge >= 0.3 is 0 Å². The minimum atomic E-state index is -0.217. The van der Waals surface area contributed by atoms with E-state index in [-0.39, 0.29) is 11.9 Å². The van der Waals surface area contributed by atoms with Crippen LogP contribution in [0.1, 0.15) is 24.0 Å². The van der Waals surface area contributed by atoms with Crippen molar-refractivity contribution in [3.05, 3.63) is 58.9 Å². The van der Waals surface area contributed by atoms with E-state index in [4.69, 9.17) is 4.42 Å². The lowest BCUT2D eigenvalue weighted by Gasteiger charge is -2.15. The molecule has 0 spiro atoms. The van der Waals surface area contributed by atoms with Gasteiger partial charge in [-0.25, -0.2) is 0 Å². The fourth-order valence-electron chi connectivity index (χ4n) is 2.39. The minimum absolute atomic E-state index is 0.202. The van der Waals surface area contributed by atoms with Crippen LogP contribution in [-0.2, 0) is 4.79 Å². The summed E-state index contributed by atoms with van der Waals surface area (Å²) in [4.78, 5) is 12.3. The Kier molecular flexibility index (Phi) is 5.93. The molecule has 0 fully saturated rings. The molecule has 0 saturated heterocycles. The lowest BCUT2D eigenvalue weighted by molar-refractivity contribution is -0.117. The predicted octanol–water partition coefficient (Wildman–Crippen LogP) is 3.71. The van der Waals surface area contributed by atoms with Crippen LogP contribution in [0.4, 0.5) is 0 Å². The van der Waals surface area contributed by atoms with Crippen molar-refractivity contribution in [1.82, 2.24) is 19.9 Å². The summed E-state index contributed by atoms with van der Waals surface area (Å²) in [7, 11) is 0. The second-order valence-corrected chi connectivity index (χ2v) is 7.07. The van der Waals surface area contributed by atoms with E-state index in [9.17, 15) is 4.79 Å². The number of pyridine rings is 1. The quantitative estimate of drug-likeness (QED) is 0.589. The molecule has 0 saturated carbocycles. The van der Waals surface area contributed by atoms with Gasteiger partial charge in [-0.1, -0.05) is 6.07 Å². The summed E-state index contributed by atoms with van der Waals surface area (Å²) in [5.41, 5.74) is 0.761. The maximum atomic E-state index is 12.3. The molecular weight excluding hydrogens is 404 g/mol. The number of nitrogens with one attached hydrogen (secondary N) is 1. The Balaban J connectivity index is 1.76. The molecule has 25 heavy (non-hydrogen) atoms. The zero-order valence-electron chi connectivity index (χ0n) is 13.6. The van der Waals surface area contributed by atoms with Crippen LogP contribution in [0.15, 0.2) is 51.7 Å². The summed E-state index contributed by atoms with van der Waals surface area (Å²) in [5, 5.41) is 11.4. The van der Waals surface area contributed by atoms with Gasteiger partial charge in [0.2, 0.25) is 5.91 Å². The van der Waals surface area contributed by atoms with E-state index < -0.39 is 0 Å². The summed E-state index contributed by atoms with van der Waals surface area (Å²) < 4.78 is 7.88. The number of hydrogen-bond acceptors (Lipinski definition) is 5. The number of fused-ring (bicyclic) bond motifs is 1. The predicted molar refractivity (Wildman–Crippen MR) is 102 cm³/mol. The topological polar surface area (TPSA) is 72.4 Å². The molecule has 0 aliphatic carbocycles. The van der Waals surface area contributed by atoms with Gasteiger partial charge in [-0.15, -0.1) is 10.2 Å². The molecule has 3 rings (SSSR count). The monoisotopic (exact) mass is 420 g/mol. The Bertz CT molecular complexity index is 890. The summed E-state index contributed by atoms with van der Waals surface area (Å²) in [6.45, 7) is 0. The third-order valence-electron chi connectivity index (χ3n) is 3.57. The number of hydrogen-bond donors (Lipinski definition) is 1. The zero-order chi connectivity index (χ0) is 17.6. The molecule has 6 nitrogen and oxygen atoms in total. The van der Waals surface area contributed by atoms with Crippen molar-refractivity contribution in [2.75, 3.05) is 12.0 Å². The average molecular weight is 421 g/mol. The van der Waals surface area contributed by atoms with Gasteiger partial charge in [-0.05, 0) is 64.7 Å². The van der Waals surface area contributed by atoms with Gasteiger partial charge in [0, 0.05) is 12.3 Å². The van der Waals surface area contributed by atoms with Crippen molar-refractivity contribution in [3.8, 4) is 0 Å². The van der Waals surface area contributed by atoms with Crippen molar-refractivity contribution >= 4 is 45.3 Å². The number of furan rings is 1. The molecule has 1 N–H and O–H groups in total. The highest BCUT2D eigenvalue weighted by molar-refractivity contribution is 9.10. The normalized spacial score (nSPS) is 12.7. The van der Waals surface area contributed by atoms with Crippen LogP contribution >= 0.6 is 27.7 Å². The lowest BCUT2D eigenvalue weighted by atomic mass is 10.2. The average Bonchev–Trinajstić information content (AvgIpc) is 3.23. The number of carbonyl (C=O) groups excluding carboxylic acids is 1. The number of aromatic nitrogens is 3. The highest BCUT2D eigenvalue weighted by Gasteiger charge is 2.19. The molecule has 0 aliphatic heterocycles. The van der Waals surface area contributed by atoms with Crippen LogP contribution in [0, 0.1) is 0 Å². The highest BCUT2D eigenvalue weighted by Crippen LogP contribution is 2.19. The van der Waals surface area contributed by atoms with E-state index >= 15 is 0 Å². The summed E-state index contributed by atoms with van der Waals surface area (Å²) in [6, 6.07) is 9.06. The van der Waals surface area contributed by atoms with Crippen LogP contribution in [-0.4, -0.2) is 32.5 Å². The number of carbonyl (C=O) groups is 1. The number of rotatable bonds is 7. The molecule has 1 unspecified atom stereocenters. The maximum absolute atomic E-state index is 12.3. The second-order valence-electron chi connectivity index (χ2n) is 5.30. The Hall–Kier alpha value is -2.06. The molecule has 3 heterocycles. The first-order valence-electron chi connectivity index (χ1n) is 7.70. The smallest absolute Gasteiger partial charge is 0.244 e. The van der Waals surface area contributed by atoms with E-state index in [0.29, 0.717) is 10.4 Å². The third kappa shape index (κ3) is 4.52. The van der Waals surface area contributed by atoms with E-state index in [1.165, 1.54) is 6.08 Å². The fourth-order valence-corrected chi connectivity index (χ4v) is 3.19. The van der Waals surface area contributed by atoms with Crippen molar-refractivity contribution in [1.29, 1.82) is 0 Å². The largest absolute Gasteiger partial charge is 0.450 e. The molecule has 0 aliphatic rings. The molecule has 0 bridgehead atoms. The molecule has 3 aromatic rings. The van der Waals surface area contributed by atoms with Gasteiger partial charge < -0.3 is 9.73 Å². The van der Waals surface area contributed by atoms with E-state index in [2.05, 4.69) is 31.4 Å². The first-order valence-corrected chi connectivity index (χ1v) is 9.88. The van der Waals surface area contributed by atoms with Crippen LogP contribution in [0.5, 0.6) is 0 Å². The molecular formula is C17H17BrN4O2S. The number of amides is 1. The first-order chi connectivity index (χ1) is 12.2. The maximum Gasteiger partial charge on any atom is 0.244 e. The second kappa shape index (κ2) is 8.35. The minimum Gasteiger partial charge on any atom is -0.450 e. The standard InChI is InChI=1S/C17H17BrN4O2S/c1-25-11-9-13(17-21-20-15-4-2-3-10-22(15)17)19-16(23)8-6-12-5-7-14(18)24-12/h2-8,10,13H,9,11H2,1H3,(H,19,23)/b8-6+. The molecule has 3 aromatic heterocycles. The highest BCUT2D eigenvalue weighted by atomic mass is 79.9. The Morgan fingerprint density at radius 1 is 1.40 bits per heavy atom. The Morgan fingerprint density at radius 3 is 3.04 bits per heavy atom. The van der Waals surface area contributed by atoms with Gasteiger partial charge in [-0.3, -0.25) is 9.20 Å². The van der Waals surface area contributed by atoms with Gasteiger partial charge in [0.05, 0.1) is 6.04 Å². The molecule has 1 atom stereocenters. The van der Waals surface area contributed by atoms with E-state index in [1.54, 1.807) is 30.0 Å². The molecule has 8 heteroatoms. The van der Waals surface area contributed by atoms with Crippen LogP contribution in [0.25, 0.3) is 11.7 Å². The van der Waals surface area contributed by atoms with Crippen molar-refractivity contribution < 1.29 is 9.21 Å². The van der Waals surface area contributed by atoms with Crippen molar-refractivity contribution in [2.24, 2.45) is 0 Å². The summed E-state index contributed by atoms with van der Waals surface area (Å²) in [6.07, 6.45) is 7.80. The molecule has 0 radical (unpaired) electrons. The Labute approximate surface area is 157 Å². The van der Waals surface area contributed by atoms with E-state index in [1.807, 2.05) is 35.1 Å². The summed E-state index contributed by atoms with van der Waals surface area (Å²) in [5.74, 6) is 2.04. The molecule has 1 amide bonds. The molecule has 130 valence electrons. The first kappa shape index (κ1) is 17.8. The van der Waals surface area contributed by atoms with E-state index in [0.717, 1.165) is 23.6 Å². The number of nitrogens with zero attached hydrogens (tertiary/aromatic N) is 3. The van der Waals surface area contributed by atoms with Gasteiger partial charge in [0.25, 0.3) is 0 Å². The van der Waals surface area contributed by atoms with Gasteiger partial charge in [0.15, 0.2) is 16.1 Å². The third-order valence-corrected chi connectivity index (χ3v) is 4.64. The van der Waals surface area contributed by atoms with Gasteiger partial charge in [0.1, 0.15) is 5.76 Å². The van der Waals surface area contributed by atoms with Crippen LogP contribution < -0.4 is 5.32 Å². The number of halogens is 1. The lowest BCUT2D eigenvalue weighted by Crippen LogP contribution is -2.29. The Morgan fingerprint density at radius 2 is 2.28 bits per heavy atom. The van der Waals surface area contributed by atoms with Crippen molar-refractivity contribution in [2.45, 2.75) is 12.5 Å². The number of thioether (sulfide) groups is 1. The molecule has 0 aromatic carbocycles. The zero-order valence-corrected chi connectivity index (χ0v) is 16.0. The summed E-state index contributed by atoms with van der Waals surface area (Å²) >= 11 is 4.96. The van der Waals surface area contributed by atoms with Crippen LogP contribution in [0.2, 0.25) is 0 Å². The van der Waals surface area contributed by atoms with Crippen molar-refractivity contribution in [3.63, 3.8) is 0 Å². The van der Waals surface area contributed by atoms with Gasteiger partial charge in [-0.2, -0.15) is 11.8 Å². The fraction of sp³-hybridized carbons (Fsp3) is 0.235. The van der Waals surface area contributed by atoms with Crippen LogP contribution in [0.3, 0.4) is 0 Å². The SMILES string of the molecule is CSCCC(NC(=O)/C=C/c1ccc(Br)o1)c1nnc2ccccn12.